The van der Waals surface area contributed by atoms with E-state index in [2.05, 4.69) is 0 Å². The van der Waals surface area contributed by atoms with E-state index in [0.717, 1.165) is 31.1 Å². The monoisotopic (exact) mass is 354 g/mol. The predicted molar refractivity (Wildman–Crippen MR) is 92.9 cm³/mol. The first-order valence-corrected chi connectivity index (χ1v) is 8.84. The molecule has 0 aliphatic carbocycles. The standard InChI is InChI=1S/C19H30O6/c1-14(12-20)6-5-10-19(4)18(25-16(3)22)8-7-17(13-24-19)9-11-23-15(2)21/h9,12,14,18H,5-8,10-11,13H2,1-4H3/t14?,18-,19?/m1/s1. The lowest BCUT2D eigenvalue weighted by atomic mass is 9.88. The van der Waals surface area contributed by atoms with Crippen molar-refractivity contribution < 1.29 is 28.6 Å². The van der Waals surface area contributed by atoms with E-state index in [1.54, 1.807) is 0 Å². The summed E-state index contributed by atoms with van der Waals surface area (Å²) in [6, 6.07) is 0. The quantitative estimate of drug-likeness (QED) is 0.379. The number of hydrogen-bond donors (Lipinski definition) is 0. The molecule has 0 bridgehead atoms. The molecule has 0 N–H and O–H groups in total. The van der Waals surface area contributed by atoms with Gasteiger partial charge in [0.15, 0.2) is 0 Å². The molecule has 0 radical (unpaired) electrons. The highest BCUT2D eigenvalue weighted by atomic mass is 16.6. The molecule has 6 heteroatoms. The summed E-state index contributed by atoms with van der Waals surface area (Å²) in [6.45, 7) is 7.26. The Hall–Kier alpha value is -1.69. The average molecular weight is 354 g/mol. The van der Waals surface area contributed by atoms with Gasteiger partial charge in [0.2, 0.25) is 0 Å². The van der Waals surface area contributed by atoms with E-state index in [1.165, 1.54) is 13.8 Å². The first-order valence-electron chi connectivity index (χ1n) is 8.84. The van der Waals surface area contributed by atoms with Crippen molar-refractivity contribution in [3.8, 4) is 0 Å². The zero-order valence-electron chi connectivity index (χ0n) is 15.7. The van der Waals surface area contributed by atoms with Crippen molar-refractivity contribution in [3.05, 3.63) is 11.6 Å². The SMILES string of the molecule is CC(=O)OCC=C1CC[C@@H](OC(C)=O)C(C)(CCCC(C)C=O)OC1. The Kier molecular flexibility index (Phi) is 8.83. The fourth-order valence-electron chi connectivity index (χ4n) is 2.94. The van der Waals surface area contributed by atoms with Crippen LogP contribution in [0, 0.1) is 5.92 Å². The van der Waals surface area contributed by atoms with Crippen molar-refractivity contribution in [2.75, 3.05) is 13.2 Å². The number of carbonyl (C=O) groups is 3. The fourth-order valence-corrected chi connectivity index (χ4v) is 2.94. The van der Waals surface area contributed by atoms with Crippen molar-refractivity contribution in [2.45, 2.75) is 71.5 Å². The third-order valence-corrected chi connectivity index (χ3v) is 4.53. The zero-order valence-corrected chi connectivity index (χ0v) is 15.7. The normalized spacial score (nSPS) is 26.6. The Bertz CT molecular complexity index is 498. The summed E-state index contributed by atoms with van der Waals surface area (Å²) < 4.78 is 16.6. The summed E-state index contributed by atoms with van der Waals surface area (Å²) in [6.07, 6.45) is 6.16. The minimum atomic E-state index is -0.592. The molecule has 1 heterocycles. The van der Waals surface area contributed by atoms with E-state index in [4.69, 9.17) is 14.2 Å². The molecule has 0 spiro atoms. The number of ether oxygens (including phenoxy) is 3. The van der Waals surface area contributed by atoms with Gasteiger partial charge in [-0.1, -0.05) is 6.92 Å². The molecule has 3 atom stereocenters. The molecule has 0 aromatic carbocycles. The first-order chi connectivity index (χ1) is 11.8. The molecular formula is C19H30O6. The topological polar surface area (TPSA) is 78.9 Å². The van der Waals surface area contributed by atoms with Crippen LogP contribution in [0.5, 0.6) is 0 Å². The lowest BCUT2D eigenvalue weighted by Gasteiger charge is -2.35. The molecule has 1 saturated heterocycles. The maximum Gasteiger partial charge on any atom is 0.303 e. The fraction of sp³-hybridized carbons (Fsp3) is 0.737. The van der Waals surface area contributed by atoms with Gasteiger partial charge in [-0.2, -0.15) is 0 Å². The number of esters is 2. The van der Waals surface area contributed by atoms with Crippen LogP contribution in [0.3, 0.4) is 0 Å². The van der Waals surface area contributed by atoms with E-state index in [0.29, 0.717) is 19.4 Å². The van der Waals surface area contributed by atoms with Crippen LogP contribution < -0.4 is 0 Å². The highest BCUT2D eigenvalue weighted by Crippen LogP contribution is 2.33. The molecule has 0 aromatic rings. The Morgan fingerprint density at radius 1 is 1.36 bits per heavy atom. The maximum absolute atomic E-state index is 11.5. The zero-order chi connectivity index (χ0) is 18.9. The van der Waals surface area contributed by atoms with Crippen LogP contribution in [0.1, 0.15) is 59.8 Å². The number of aldehydes is 1. The third-order valence-electron chi connectivity index (χ3n) is 4.53. The van der Waals surface area contributed by atoms with Crippen LogP contribution in [0.25, 0.3) is 0 Å². The van der Waals surface area contributed by atoms with Gasteiger partial charge in [-0.05, 0) is 50.7 Å². The summed E-state index contributed by atoms with van der Waals surface area (Å²) in [5.41, 5.74) is 0.439. The molecular weight excluding hydrogens is 324 g/mol. The Balaban J connectivity index is 2.75. The molecule has 0 amide bonds. The molecule has 1 fully saturated rings. The van der Waals surface area contributed by atoms with E-state index < -0.39 is 5.60 Å². The summed E-state index contributed by atoms with van der Waals surface area (Å²) in [7, 11) is 0. The van der Waals surface area contributed by atoms with Gasteiger partial charge in [-0.25, -0.2) is 0 Å². The van der Waals surface area contributed by atoms with Crippen molar-refractivity contribution >= 4 is 18.2 Å². The second kappa shape index (κ2) is 10.3. The van der Waals surface area contributed by atoms with Crippen LogP contribution in [-0.4, -0.2) is 43.1 Å². The van der Waals surface area contributed by atoms with Crippen LogP contribution in [0.15, 0.2) is 11.6 Å². The molecule has 0 saturated carbocycles. The molecule has 142 valence electrons. The van der Waals surface area contributed by atoms with E-state index in [1.807, 2.05) is 19.9 Å². The Morgan fingerprint density at radius 3 is 2.68 bits per heavy atom. The van der Waals surface area contributed by atoms with Gasteiger partial charge in [0.1, 0.15) is 24.6 Å². The molecule has 2 unspecified atom stereocenters. The second-order valence-electron chi connectivity index (χ2n) is 6.91. The molecule has 6 nitrogen and oxygen atoms in total. The predicted octanol–water partition coefficient (Wildman–Crippen LogP) is 2.98. The lowest BCUT2D eigenvalue weighted by Crippen LogP contribution is -2.43. The highest BCUT2D eigenvalue weighted by Gasteiger charge is 2.39. The van der Waals surface area contributed by atoms with Crippen molar-refractivity contribution in [2.24, 2.45) is 5.92 Å². The summed E-state index contributed by atoms with van der Waals surface area (Å²) >= 11 is 0. The van der Waals surface area contributed by atoms with E-state index >= 15 is 0 Å². The molecule has 1 rings (SSSR count). The largest absolute Gasteiger partial charge is 0.462 e. The van der Waals surface area contributed by atoms with Crippen LogP contribution >= 0.6 is 0 Å². The second-order valence-corrected chi connectivity index (χ2v) is 6.91. The van der Waals surface area contributed by atoms with Crippen molar-refractivity contribution in [3.63, 3.8) is 0 Å². The number of hydrogen-bond acceptors (Lipinski definition) is 6. The van der Waals surface area contributed by atoms with E-state index in [-0.39, 0.29) is 30.6 Å². The van der Waals surface area contributed by atoms with Gasteiger partial charge in [-0.15, -0.1) is 0 Å². The Labute approximate surface area is 149 Å². The summed E-state index contributed by atoms with van der Waals surface area (Å²) in [5.74, 6) is -0.632. The van der Waals surface area contributed by atoms with E-state index in [9.17, 15) is 14.4 Å². The van der Waals surface area contributed by atoms with Gasteiger partial charge >= 0.3 is 11.9 Å². The van der Waals surface area contributed by atoms with Crippen molar-refractivity contribution in [1.29, 1.82) is 0 Å². The van der Waals surface area contributed by atoms with Crippen LogP contribution in [-0.2, 0) is 28.6 Å². The van der Waals surface area contributed by atoms with Gasteiger partial charge in [0.25, 0.3) is 0 Å². The van der Waals surface area contributed by atoms with Crippen LogP contribution in [0.4, 0.5) is 0 Å². The van der Waals surface area contributed by atoms with Gasteiger partial charge in [0.05, 0.1) is 6.61 Å². The minimum absolute atomic E-state index is 0.0146. The van der Waals surface area contributed by atoms with Crippen molar-refractivity contribution in [1.82, 2.24) is 0 Å². The minimum Gasteiger partial charge on any atom is -0.462 e. The lowest BCUT2D eigenvalue weighted by molar-refractivity contribution is -0.167. The number of carbonyl (C=O) groups excluding carboxylic acids is 3. The smallest absolute Gasteiger partial charge is 0.303 e. The average Bonchev–Trinajstić information content (AvgIpc) is 2.68. The molecule has 1 aliphatic heterocycles. The third kappa shape index (κ3) is 7.82. The van der Waals surface area contributed by atoms with Gasteiger partial charge in [-0.3, -0.25) is 9.59 Å². The molecule has 25 heavy (non-hydrogen) atoms. The highest BCUT2D eigenvalue weighted by molar-refractivity contribution is 5.66. The maximum atomic E-state index is 11.5. The van der Waals surface area contributed by atoms with Gasteiger partial charge < -0.3 is 19.0 Å². The van der Waals surface area contributed by atoms with Gasteiger partial charge in [0, 0.05) is 19.8 Å². The number of rotatable bonds is 8. The van der Waals surface area contributed by atoms with Crippen LogP contribution in [0.2, 0.25) is 0 Å². The summed E-state index contributed by atoms with van der Waals surface area (Å²) in [4.78, 5) is 33.1. The molecule has 1 aliphatic rings. The first kappa shape index (κ1) is 21.4. The molecule has 0 aromatic heterocycles. The Morgan fingerprint density at radius 2 is 2.08 bits per heavy atom. The summed E-state index contributed by atoms with van der Waals surface area (Å²) in [5, 5.41) is 0.